The lowest BCUT2D eigenvalue weighted by atomic mass is 9.97. The number of carbonyl (C=O) groups excluding carboxylic acids is 1. The number of benzene rings is 2. The number of amides is 1. The van der Waals surface area contributed by atoms with Gasteiger partial charge in [0, 0.05) is 0 Å². The first-order chi connectivity index (χ1) is 15.2. The maximum Gasteiger partial charge on any atom is 0.268 e. The van der Waals surface area contributed by atoms with Gasteiger partial charge in [-0.3, -0.25) is 4.79 Å². The third-order valence-electron chi connectivity index (χ3n) is 5.10. The van der Waals surface area contributed by atoms with Crippen LogP contribution in [0.2, 0.25) is 0 Å². The minimum Gasteiger partial charge on any atom is -0.507 e. The summed E-state index contributed by atoms with van der Waals surface area (Å²) in [7, 11) is -4.42. The highest BCUT2D eigenvalue weighted by atomic mass is 32.2. The molecule has 0 radical (unpaired) electrons. The molecule has 8 heteroatoms. The number of hydrogen-bond acceptors (Lipinski definition) is 6. The summed E-state index contributed by atoms with van der Waals surface area (Å²) in [6, 6.07) is 11.5. The Morgan fingerprint density at radius 3 is 2.53 bits per heavy atom. The van der Waals surface area contributed by atoms with Crippen LogP contribution in [-0.2, 0) is 27.7 Å². The van der Waals surface area contributed by atoms with Crippen molar-refractivity contribution in [1.29, 1.82) is 0 Å². The van der Waals surface area contributed by atoms with Crippen LogP contribution in [0, 0.1) is 6.92 Å². The maximum absolute atomic E-state index is 13.2. The van der Waals surface area contributed by atoms with Crippen molar-refractivity contribution in [2.24, 2.45) is 0 Å². The molecule has 0 bridgehead atoms. The minimum atomic E-state index is -4.42. The second-order valence-corrected chi connectivity index (χ2v) is 9.34. The van der Waals surface area contributed by atoms with E-state index in [9.17, 15) is 23.4 Å². The molecule has 3 N–H and O–H groups in total. The lowest BCUT2D eigenvalue weighted by molar-refractivity contribution is -0.118. The highest BCUT2D eigenvalue weighted by Gasteiger charge is 2.29. The summed E-state index contributed by atoms with van der Waals surface area (Å²) < 4.78 is 33.5. The van der Waals surface area contributed by atoms with E-state index in [1.165, 1.54) is 12.3 Å². The van der Waals surface area contributed by atoms with Crippen LogP contribution >= 0.6 is 0 Å². The van der Waals surface area contributed by atoms with E-state index in [0.717, 1.165) is 18.4 Å². The molecule has 7 nitrogen and oxygen atoms in total. The average molecular weight is 458 g/mol. The summed E-state index contributed by atoms with van der Waals surface area (Å²) in [6.07, 6.45) is 3.89. The fraction of sp³-hybridized carbons (Fsp3) is 0.292. The number of aromatic hydroxyl groups is 2. The maximum atomic E-state index is 13.2. The number of sulfonamides is 1. The number of nitrogens with one attached hydrogen (secondary N) is 1. The van der Waals surface area contributed by atoms with Gasteiger partial charge in [-0.05, 0) is 49.1 Å². The first-order valence-electron chi connectivity index (χ1n) is 10.5. The largest absolute Gasteiger partial charge is 0.507 e. The molecule has 1 amide bonds. The van der Waals surface area contributed by atoms with E-state index < -0.39 is 26.6 Å². The molecule has 0 aliphatic carbocycles. The third kappa shape index (κ3) is 5.31. The van der Waals surface area contributed by atoms with E-state index in [0.29, 0.717) is 24.2 Å². The summed E-state index contributed by atoms with van der Waals surface area (Å²) in [5, 5.41) is 21.7. The van der Waals surface area contributed by atoms with Gasteiger partial charge < -0.3 is 14.6 Å². The number of unbranched alkanes of at least 4 members (excludes halogenated alkanes) is 2. The predicted octanol–water partition coefficient (Wildman–Crippen LogP) is 4.45. The van der Waals surface area contributed by atoms with Gasteiger partial charge in [0.25, 0.3) is 10.0 Å². The molecule has 0 aliphatic rings. The minimum absolute atomic E-state index is 0.00630. The molecule has 1 heterocycles. The van der Waals surface area contributed by atoms with Crippen molar-refractivity contribution < 1.29 is 27.8 Å². The Labute approximate surface area is 187 Å². The predicted molar refractivity (Wildman–Crippen MR) is 121 cm³/mol. The summed E-state index contributed by atoms with van der Waals surface area (Å²) in [4.78, 5) is 12.0. The monoisotopic (exact) mass is 457 g/mol. The quantitative estimate of drug-likeness (QED) is 0.409. The van der Waals surface area contributed by atoms with E-state index in [4.69, 9.17) is 4.42 Å². The number of phenolic OH excluding ortho intramolecular Hbond substituents is 2. The first-order valence-corrected chi connectivity index (χ1v) is 11.9. The summed E-state index contributed by atoms with van der Waals surface area (Å²) in [5.41, 5.74) is 1.61. The molecule has 0 atom stereocenters. The zero-order valence-electron chi connectivity index (χ0n) is 18.1. The second-order valence-electron chi connectivity index (χ2n) is 7.72. The van der Waals surface area contributed by atoms with Gasteiger partial charge >= 0.3 is 0 Å². The Balaban J connectivity index is 2.07. The van der Waals surface area contributed by atoms with Crippen molar-refractivity contribution in [3.63, 3.8) is 0 Å². The number of furan rings is 1. The van der Waals surface area contributed by atoms with E-state index >= 15 is 0 Å². The van der Waals surface area contributed by atoms with Gasteiger partial charge in [0.05, 0.1) is 18.2 Å². The van der Waals surface area contributed by atoms with E-state index in [1.54, 1.807) is 30.3 Å². The summed E-state index contributed by atoms with van der Waals surface area (Å²) in [5.74, 6) is -1.28. The Bertz CT molecular complexity index is 1200. The topological polar surface area (TPSA) is 117 Å². The standard InChI is InChI=1S/C24H27NO6S/c1-3-4-5-9-18-14-20(26)22(17-10-6-8-16(2)13-17)23(28)24(18)32(29,30)25-21(27)15-19-11-7-12-31-19/h6-8,10-14,26,28H,3-5,9,15H2,1-2H3,(H,25,27). The summed E-state index contributed by atoms with van der Waals surface area (Å²) >= 11 is 0. The molecule has 0 saturated heterocycles. The normalized spacial score (nSPS) is 11.4. The van der Waals surface area contributed by atoms with Crippen molar-refractivity contribution in [3.8, 4) is 22.6 Å². The number of phenols is 2. The molecular formula is C24H27NO6S. The van der Waals surface area contributed by atoms with Gasteiger partial charge in [0.2, 0.25) is 5.91 Å². The fourth-order valence-electron chi connectivity index (χ4n) is 3.63. The number of aryl methyl sites for hydroxylation is 2. The second kappa shape index (κ2) is 9.91. The van der Waals surface area contributed by atoms with Gasteiger partial charge in [-0.1, -0.05) is 49.6 Å². The molecule has 0 aliphatic heterocycles. The molecule has 3 aromatic rings. The molecule has 0 fully saturated rings. The van der Waals surface area contributed by atoms with Crippen LogP contribution in [0.1, 0.15) is 43.1 Å². The summed E-state index contributed by atoms with van der Waals surface area (Å²) in [6.45, 7) is 3.87. The molecule has 170 valence electrons. The van der Waals surface area contributed by atoms with Crippen molar-refractivity contribution >= 4 is 15.9 Å². The molecule has 0 spiro atoms. The lowest BCUT2D eigenvalue weighted by Crippen LogP contribution is -2.32. The number of rotatable bonds is 9. The fourth-order valence-corrected chi connectivity index (χ4v) is 4.97. The highest BCUT2D eigenvalue weighted by Crippen LogP contribution is 2.44. The first kappa shape index (κ1) is 23.4. The molecule has 2 aromatic carbocycles. The zero-order chi connectivity index (χ0) is 23.3. The van der Waals surface area contributed by atoms with E-state index in [1.807, 2.05) is 24.6 Å². The molecule has 0 saturated carbocycles. The molecule has 3 rings (SSSR count). The zero-order valence-corrected chi connectivity index (χ0v) is 18.9. The van der Waals surface area contributed by atoms with Gasteiger partial charge in [-0.25, -0.2) is 13.1 Å². The van der Waals surface area contributed by atoms with Crippen molar-refractivity contribution in [2.45, 2.75) is 50.8 Å². The van der Waals surface area contributed by atoms with Gasteiger partial charge in [0.1, 0.15) is 22.2 Å². The Kier molecular flexibility index (Phi) is 7.25. The van der Waals surface area contributed by atoms with Crippen LogP contribution in [0.15, 0.2) is 58.0 Å². The van der Waals surface area contributed by atoms with Crippen LogP contribution in [0.25, 0.3) is 11.1 Å². The smallest absolute Gasteiger partial charge is 0.268 e. The van der Waals surface area contributed by atoms with Crippen molar-refractivity contribution in [2.75, 3.05) is 0 Å². The molecule has 1 aromatic heterocycles. The van der Waals surface area contributed by atoms with Crippen molar-refractivity contribution in [3.05, 3.63) is 65.6 Å². The van der Waals surface area contributed by atoms with Gasteiger partial charge in [-0.15, -0.1) is 0 Å². The van der Waals surface area contributed by atoms with Crippen LogP contribution in [0.4, 0.5) is 0 Å². The van der Waals surface area contributed by atoms with Crippen LogP contribution in [0.3, 0.4) is 0 Å². The molecule has 0 unspecified atom stereocenters. The number of hydrogen-bond donors (Lipinski definition) is 3. The van der Waals surface area contributed by atoms with Gasteiger partial charge in [0.15, 0.2) is 0 Å². The van der Waals surface area contributed by atoms with Crippen LogP contribution in [0.5, 0.6) is 11.5 Å². The average Bonchev–Trinajstić information content (AvgIpc) is 3.20. The molecule has 32 heavy (non-hydrogen) atoms. The lowest BCUT2D eigenvalue weighted by Gasteiger charge is -2.18. The van der Waals surface area contributed by atoms with E-state index in [-0.39, 0.29) is 23.3 Å². The number of carbonyl (C=O) groups is 1. The Morgan fingerprint density at radius 2 is 1.88 bits per heavy atom. The Morgan fingerprint density at radius 1 is 1.09 bits per heavy atom. The van der Waals surface area contributed by atoms with Crippen molar-refractivity contribution in [1.82, 2.24) is 4.72 Å². The van der Waals surface area contributed by atoms with Crippen LogP contribution in [-0.4, -0.2) is 24.5 Å². The van der Waals surface area contributed by atoms with E-state index in [2.05, 4.69) is 0 Å². The Hall–Kier alpha value is -3.26. The van der Waals surface area contributed by atoms with Gasteiger partial charge in [-0.2, -0.15) is 0 Å². The highest BCUT2D eigenvalue weighted by molar-refractivity contribution is 7.90. The SMILES string of the molecule is CCCCCc1cc(O)c(-c2cccc(C)c2)c(O)c1S(=O)(=O)NC(=O)Cc1ccco1. The molecular weight excluding hydrogens is 430 g/mol. The van der Waals surface area contributed by atoms with Crippen LogP contribution < -0.4 is 4.72 Å². The third-order valence-corrected chi connectivity index (χ3v) is 6.59.